The molecule has 132 valence electrons. The molecule has 4 heteroatoms. The zero-order valence-electron chi connectivity index (χ0n) is 15.0. The summed E-state index contributed by atoms with van der Waals surface area (Å²) in [6, 6.07) is 10.3. The molecule has 1 aliphatic heterocycles. The van der Waals surface area contributed by atoms with Crippen molar-refractivity contribution in [3.05, 3.63) is 51.9 Å². The van der Waals surface area contributed by atoms with Crippen molar-refractivity contribution in [1.29, 1.82) is 0 Å². The summed E-state index contributed by atoms with van der Waals surface area (Å²) in [4.78, 5) is 13.3. The van der Waals surface area contributed by atoms with Crippen molar-refractivity contribution in [2.75, 3.05) is 13.1 Å². The quantitative estimate of drug-likeness (QED) is 0.927. The van der Waals surface area contributed by atoms with Gasteiger partial charge in [0, 0.05) is 5.92 Å². The molecule has 1 aromatic carbocycles. The van der Waals surface area contributed by atoms with Crippen LogP contribution in [-0.4, -0.2) is 22.9 Å². The van der Waals surface area contributed by atoms with Crippen molar-refractivity contribution in [1.82, 2.24) is 15.1 Å². The maximum absolute atomic E-state index is 13.3. The maximum atomic E-state index is 13.3. The highest BCUT2D eigenvalue weighted by Gasteiger charge is 2.27. The van der Waals surface area contributed by atoms with Gasteiger partial charge in [-0.1, -0.05) is 43.2 Å². The minimum absolute atomic E-state index is 0.0809. The van der Waals surface area contributed by atoms with Gasteiger partial charge in [0.25, 0.3) is 5.56 Å². The summed E-state index contributed by atoms with van der Waals surface area (Å²) in [5, 5.41) is 8.33. The van der Waals surface area contributed by atoms with Gasteiger partial charge in [-0.2, -0.15) is 5.10 Å². The predicted octanol–water partition coefficient (Wildman–Crippen LogP) is 3.80. The monoisotopic (exact) mass is 337 g/mol. The fraction of sp³-hybridized carbons (Fsp3) is 0.524. The summed E-state index contributed by atoms with van der Waals surface area (Å²) < 4.78 is 1.82. The Bertz CT molecular complexity index is 785. The molecule has 0 amide bonds. The largest absolute Gasteiger partial charge is 0.317 e. The Morgan fingerprint density at radius 1 is 1.04 bits per heavy atom. The predicted molar refractivity (Wildman–Crippen MR) is 101 cm³/mol. The van der Waals surface area contributed by atoms with Crippen LogP contribution in [0.2, 0.25) is 0 Å². The minimum atomic E-state index is 0.0809. The molecule has 2 aromatic rings. The van der Waals surface area contributed by atoms with E-state index in [9.17, 15) is 4.79 Å². The lowest BCUT2D eigenvalue weighted by molar-refractivity contribution is 0.327. The molecule has 2 heterocycles. The molecule has 1 aliphatic carbocycles. The smallest absolute Gasteiger partial charge is 0.275 e. The van der Waals surface area contributed by atoms with Crippen LogP contribution in [0.3, 0.4) is 0 Å². The first-order valence-corrected chi connectivity index (χ1v) is 9.65. The molecule has 0 spiro atoms. The normalized spacial score (nSPS) is 19.4. The average Bonchev–Trinajstić information content (AvgIpc) is 3.18. The first kappa shape index (κ1) is 16.5. The third kappa shape index (κ3) is 3.15. The number of rotatable bonds is 3. The van der Waals surface area contributed by atoms with Gasteiger partial charge in [-0.05, 0) is 56.8 Å². The van der Waals surface area contributed by atoms with Crippen molar-refractivity contribution in [3.8, 4) is 11.1 Å². The molecule has 1 aromatic heterocycles. The number of piperidine rings is 1. The van der Waals surface area contributed by atoms with Gasteiger partial charge in [-0.15, -0.1) is 0 Å². The van der Waals surface area contributed by atoms with E-state index in [1.807, 2.05) is 22.9 Å². The fourth-order valence-corrected chi connectivity index (χ4v) is 4.47. The Hall–Kier alpha value is -1.94. The molecular formula is C21H27N3O. The third-order valence-electron chi connectivity index (χ3n) is 5.86. The van der Waals surface area contributed by atoms with Crippen LogP contribution in [-0.2, 0) is 0 Å². The van der Waals surface area contributed by atoms with E-state index in [-0.39, 0.29) is 11.6 Å². The molecule has 1 saturated carbocycles. The van der Waals surface area contributed by atoms with Gasteiger partial charge in [0.2, 0.25) is 0 Å². The van der Waals surface area contributed by atoms with Crippen LogP contribution >= 0.6 is 0 Å². The van der Waals surface area contributed by atoms with E-state index in [1.54, 1.807) is 0 Å². The second kappa shape index (κ2) is 7.12. The number of hydrogen-bond acceptors (Lipinski definition) is 3. The molecule has 0 bridgehead atoms. The Kier molecular flexibility index (Phi) is 4.71. The zero-order valence-corrected chi connectivity index (χ0v) is 15.0. The average molecular weight is 337 g/mol. The van der Waals surface area contributed by atoms with E-state index >= 15 is 0 Å². The lowest BCUT2D eigenvalue weighted by atomic mass is 9.94. The van der Waals surface area contributed by atoms with Crippen molar-refractivity contribution in [2.45, 2.75) is 57.4 Å². The molecule has 4 rings (SSSR count). The van der Waals surface area contributed by atoms with E-state index in [4.69, 9.17) is 5.10 Å². The van der Waals surface area contributed by atoms with Crippen molar-refractivity contribution in [3.63, 3.8) is 0 Å². The van der Waals surface area contributed by atoms with Crippen molar-refractivity contribution >= 4 is 0 Å². The number of benzene rings is 1. The molecule has 1 saturated heterocycles. The third-order valence-corrected chi connectivity index (χ3v) is 5.86. The zero-order chi connectivity index (χ0) is 17.2. The fourth-order valence-electron chi connectivity index (χ4n) is 4.47. The lowest BCUT2D eigenvalue weighted by Gasteiger charge is -2.26. The summed E-state index contributed by atoms with van der Waals surface area (Å²) in [5.74, 6) is 0.510. The molecule has 4 nitrogen and oxygen atoms in total. The van der Waals surface area contributed by atoms with E-state index in [0.717, 1.165) is 48.3 Å². The summed E-state index contributed by atoms with van der Waals surface area (Å²) >= 11 is 0. The van der Waals surface area contributed by atoms with Crippen molar-refractivity contribution < 1.29 is 0 Å². The summed E-state index contributed by atoms with van der Waals surface area (Å²) in [6.45, 7) is 4.02. The van der Waals surface area contributed by atoms with Gasteiger partial charge < -0.3 is 5.32 Å². The highest BCUT2D eigenvalue weighted by atomic mass is 16.1. The molecule has 0 unspecified atom stereocenters. The molecular weight excluding hydrogens is 310 g/mol. The Morgan fingerprint density at radius 2 is 1.72 bits per heavy atom. The Morgan fingerprint density at radius 3 is 2.40 bits per heavy atom. The van der Waals surface area contributed by atoms with Gasteiger partial charge in [-0.25, -0.2) is 4.68 Å². The first-order valence-electron chi connectivity index (χ1n) is 9.65. The molecule has 25 heavy (non-hydrogen) atoms. The molecule has 0 radical (unpaired) electrons. The van der Waals surface area contributed by atoms with Crippen LogP contribution in [0.4, 0.5) is 0 Å². The maximum Gasteiger partial charge on any atom is 0.275 e. The standard InChI is InChI=1S/C21H27N3O/c1-15-19(16-7-3-2-4-8-16)21(25)24(18-11-13-22-14-12-18)23-20(15)17-9-5-6-10-17/h2-4,7-8,17-18,22H,5-6,9-14H2,1H3. The van der Waals surface area contributed by atoms with E-state index in [2.05, 4.69) is 24.4 Å². The number of aromatic nitrogens is 2. The molecule has 2 aliphatic rings. The van der Waals surface area contributed by atoms with E-state index in [1.165, 1.54) is 25.7 Å². The van der Waals surface area contributed by atoms with Crippen LogP contribution in [0.25, 0.3) is 11.1 Å². The van der Waals surface area contributed by atoms with Gasteiger partial charge >= 0.3 is 0 Å². The number of nitrogens with zero attached hydrogens (tertiary/aromatic N) is 2. The van der Waals surface area contributed by atoms with Crippen LogP contribution in [0.5, 0.6) is 0 Å². The van der Waals surface area contributed by atoms with Gasteiger partial charge in [0.05, 0.1) is 17.3 Å². The molecule has 0 atom stereocenters. The van der Waals surface area contributed by atoms with Crippen LogP contribution in [0.15, 0.2) is 35.1 Å². The Balaban J connectivity index is 1.89. The van der Waals surface area contributed by atoms with Gasteiger partial charge in [0.15, 0.2) is 0 Å². The van der Waals surface area contributed by atoms with Crippen LogP contribution in [0.1, 0.15) is 61.7 Å². The summed E-state index contributed by atoms with van der Waals surface area (Å²) in [6.07, 6.45) is 6.92. The number of nitrogens with one attached hydrogen (secondary N) is 1. The van der Waals surface area contributed by atoms with Crippen LogP contribution in [0, 0.1) is 6.92 Å². The SMILES string of the molecule is Cc1c(C2CCCC2)nn(C2CCNCC2)c(=O)c1-c1ccccc1. The minimum Gasteiger partial charge on any atom is -0.317 e. The van der Waals surface area contributed by atoms with E-state index < -0.39 is 0 Å². The second-order valence-corrected chi connectivity index (χ2v) is 7.46. The van der Waals surface area contributed by atoms with Gasteiger partial charge in [-0.3, -0.25) is 4.79 Å². The lowest BCUT2D eigenvalue weighted by Crippen LogP contribution is -2.37. The second-order valence-electron chi connectivity index (χ2n) is 7.46. The molecule has 1 N–H and O–H groups in total. The highest BCUT2D eigenvalue weighted by Crippen LogP contribution is 2.36. The van der Waals surface area contributed by atoms with E-state index in [0.29, 0.717) is 5.92 Å². The summed E-state index contributed by atoms with van der Waals surface area (Å²) in [7, 11) is 0. The summed E-state index contributed by atoms with van der Waals surface area (Å²) in [5.41, 5.74) is 4.21. The van der Waals surface area contributed by atoms with Crippen LogP contribution < -0.4 is 10.9 Å². The Labute approximate surface area is 149 Å². The first-order chi connectivity index (χ1) is 12.3. The topological polar surface area (TPSA) is 46.9 Å². The molecule has 2 fully saturated rings. The highest BCUT2D eigenvalue weighted by molar-refractivity contribution is 5.67. The number of hydrogen-bond donors (Lipinski definition) is 1. The van der Waals surface area contributed by atoms with Gasteiger partial charge in [0.1, 0.15) is 0 Å². The van der Waals surface area contributed by atoms with Crippen molar-refractivity contribution in [2.24, 2.45) is 0 Å².